The molecule has 1 atom stereocenters. The Morgan fingerprint density at radius 2 is 1.52 bits per heavy atom. The predicted molar refractivity (Wildman–Crippen MR) is 121 cm³/mol. The molecule has 2 aliphatic rings. The maximum absolute atomic E-state index is 12.6. The normalized spacial score (nSPS) is 21.4. The minimum atomic E-state index is -3.66. The number of nitrogens with zero attached hydrogens (tertiary/aromatic N) is 3. The molecule has 31 heavy (non-hydrogen) atoms. The lowest BCUT2D eigenvalue weighted by molar-refractivity contribution is -0.119. The highest BCUT2D eigenvalue weighted by atomic mass is 32.2. The Bertz CT molecular complexity index is 1080. The van der Waals surface area contributed by atoms with Gasteiger partial charge in [0.25, 0.3) is 5.91 Å². The molecule has 0 bridgehead atoms. The second kappa shape index (κ2) is 8.32. The Morgan fingerprint density at radius 1 is 0.935 bits per heavy atom. The summed E-state index contributed by atoms with van der Waals surface area (Å²) in [5, 5.41) is 2.85. The topological polar surface area (TPSA) is 90.0 Å². The van der Waals surface area contributed by atoms with Crippen LogP contribution in [-0.4, -0.2) is 64.1 Å². The molecule has 2 saturated heterocycles. The van der Waals surface area contributed by atoms with Gasteiger partial charge in [-0.05, 0) is 55.6 Å². The number of hydrogen-bond donors (Lipinski definition) is 1. The van der Waals surface area contributed by atoms with Gasteiger partial charge in [0.15, 0.2) is 0 Å². The average molecular weight is 443 g/mol. The molecule has 0 radical (unpaired) electrons. The molecule has 0 aliphatic carbocycles. The summed E-state index contributed by atoms with van der Waals surface area (Å²) in [6.45, 7) is 5.59. The van der Waals surface area contributed by atoms with E-state index < -0.39 is 21.8 Å². The molecule has 1 N–H and O–H groups in total. The van der Waals surface area contributed by atoms with E-state index in [0.717, 1.165) is 36.2 Å². The van der Waals surface area contributed by atoms with Crippen molar-refractivity contribution in [1.82, 2.24) is 4.90 Å². The monoisotopic (exact) mass is 442 g/mol. The number of anilines is 3. The van der Waals surface area contributed by atoms with Crippen LogP contribution in [0, 0.1) is 5.92 Å². The van der Waals surface area contributed by atoms with Crippen molar-refractivity contribution in [3.05, 3.63) is 54.1 Å². The third-order valence-electron chi connectivity index (χ3n) is 5.72. The molecule has 0 unspecified atom stereocenters. The van der Waals surface area contributed by atoms with Gasteiger partial charge >= 0.3 is 0 Å². The van der Waals surface area contributed by atoms with Crippen molar-refractivity contribution >= 4 is 38.9 Å². The first-order valence-electron chi connectivity index (χ1n) is 10.3. The van der Waals surface area contributed by atoms with Crippen molar-refractivity contribution in [1.29, 1.82) is 0 Å². The van der Waals surface area contributed by atoms with Gasteiger partial charge in [-0.2, -0.15) is 0 Å². The van der Waals surface area contributed by atoms with E-state index >= 15 is 0 Å². The molecular formula is C22H26N4O4S. The van der Waals surface area contributed by atoms with E-state index in [9.17, 15) is 18.0 Å². The highest BCUT2D eigenvalue weighted by Crippen LogP contribution is 2.28. The summed E-state index contributed by atoms with van der Waals surface area (Å²) in [5.41, 5.74) is 2.44. The number of hydrogen-bond acceptors (Lipinski definition) is 6. The van der Waals surface area contributed by atoms with Crippen LogP contribution in [0.5, 0.6) is 0 Å². The van der Waals surface area contributed by atoms with Gasteiger partial charge in [0, 0.05) is 43.1 Å². The molecular weight excluding hydrogens is 416 g/mol. The van der Waals surface area contributed by atoms with E-state index in [4.69, 9.17) is 0 Å². The number of benzene rings is 2. The quantitative estimate of drug-likeness (QED) is 0.779. The van der Waals surface area contributed by atoms with Crippen LogP contribution in [0.4, 0.5) is 17.1 Å². The second-order valence-corrected chi connectivity index (χ2v) is 9.98. The maximum atomic E-state index is 12.6. The smallest absolute Gasteiger partial charge is 0.255 e. The van der Waals surface area contributed by atoms with E-state index in [2.05, 4.69) is 22.2 Å². The van der Waals surface area contributed by atoms with Gasteiger partial charge in [0.2, 0.25) is 15.9 Å². The Morgan fingerprint density at radius 3 is 2.06 bits per heavy atom. The summed E-state index contributed by atoms with van der Waals surface area (Å²) < 4.78 is 25.3. The lowest BCUT2D eigenvalue weighted by atomic mass is 10.1. The third kappa shape index (κ3) is 4.42. The van der Waals surface area contributed by atoms with Gasteiger partial charge in [-0.25, -0.2) is 12.7 Å². The Hall–Kier alpha value is -2.91. The highest BCUT2D eigenvalue weighted by molar-refractivity contribution is 7.94. The zero-order chi connectivity index (χ0) is 22.2. The third-order valence-corrected chi connectivity index (χ3v) is 7.59. The summed E-state index contributed by atoms with van der Waals surface area (Å²) in [4.78, 5) is 29.4. The molecule has 4 rings (SSSR count). The molecule has 0 spiro atoms. The first-order valence-corrected chi connectivity index (χ1v) is 11.9. The van der Waals surface area contributed by atoms with E-state index in [1.807, 2.05) is 24.3 Å². The Balaban J connectivity index is 1.42. The molecule has 2 amide bonds. The highest BCUT2D eigenvalue weighted by Gasteiger charge is 2.41. The van der Waals surface area contributed by atoms with Crippen LogP contribution in [0.2, 0.25) is 0 Å². The lowest BCUT2D eigenvalue weighted by Gasteiger charge is -2.34. The van der Waals surface area contributed by atoms with Crippen LogP contribution in [-0.2, 0) is 14.8 Å². The number of likely N-dealkylation sites (N-methyl/N-ethyl adjacent to an activating group) is 1. The summed E-state index contributed by atoms with van der Waals surface area (Å²) in [6.07, 6.45) is 0. The van der Waals surface area contributed by atoms with Gasteiger partial charge in [-0.15, -0.1) is 0 Å². The SMILES string of the molecule is C[C@H]1CS(=O)(=O)N(c2ccc(C(=O)Nc3ccc(N4CCN(C)CC4)cc3)cc2)C1=O. The van der Waals surface area contributed by atoms with Crippen LogP contribution in [0.25, 0.3) is 0 Å². The zero-order valence-electron chi connectivity index (χ0n) is 17.6. The van der Waals surface area contributed by atoms with E-state index in [1.165, 1.54) is 24.3 Å². The number of carbonyl (C=O) groups excluding carboxylic acids is 2. The molecule has 9 heteroatoms. The standard InChI is InChI=1S/C22H26N4O4S/c1-16-15-31(29,30)26(22(16)28)20-7-3-17(4-8-20)21(27)23-18-5-9-19(10-6-18)25-13-11-24(2)12-14-25/h3-10,16H,11-15H2,1-2H3,(H,23,27)/t16-/m0/s1. The van der Waals surface area contributed by atoms with Crippen LogP contribution < -0.4 is 14.5 Å². The molecule has 2 aliphatic heterocycles. The van der Waals surface area contributed by atoms with E-state index in [-0.39, 0.29) is 17.3 Å². The molecule has 2 heterocycles. The van der Waals surface area contributed by atoms with Crippen molar-refractivity contribution in [2.24, 2.45) is 5.92 Å². The zero-order valence-corrected chi connectivity index (χ0v) is 18.4. The first-order chi connectivity index (χ1) is 14.7. The minimum Gasteiger partial charge on any atom is -0.369 e. The van der Waals surface area contributed by atoms with Gasteiger partial charge in [0.1, 0.15) is 0 Å². The molecule has 164 valence electrons. The predicted octanol–water partition coefficient (Wildman–Crippen LogP) is 2.00. The summed E-state index contributed by atoms with van der Waals surface area (Å²) in [7, 11) is -1.54. The van der Waals surface area contributed by atoms with Gasteiger partial charge < -0.3 is 15.1 Å². The summed E-state index contributed by atoms with van der Waals surface area (Å²) in [6, 6.07) is 13.7. The fourth-order valence-electron chi connectivity index (χ4n) is 3.86. The Kier molecular flexibility index (Phi) is 5.72. The fraction of sp³-hybridized carbons (Fsp3) is 0.364. The van der Waals surface area contributed by atoms with Gasteiger partial charge in [0.05, 0.1) is 17.4 Å². The summed E-state index contributed by atoms with van der Waals surface area (Å²) >= 11 is 0. The van der Waals surface area contributed by atoms with Crippen molar-refractivity contribution in [2.45, 2.75) is 6.92 Å². The number of rotatable bonds is 4. The lowest BCUT2D eigenvalue weighted by Crippen LogP contribution is -2.44. The average Bonchev–Trinajstić information content (AvgIpc) is 2.96. The number of sulfonamides is 1. The second-order valence-electron chi connectivity index (χ2n) is 8.12. The van der Waals surface area contributed by atoms with Crippen LogP contribution >= 0.6 is 0 Å². The largest absolute Gasteiger partial charge is 0.369 e. The van der Waals surface area contributed by atoms with E-state index in [1.54, 1.807) is 6.92 Å². The number of piperazine rings is 1. The number of carbonyl (C=O) groups is 2. The molecule has 2 fully saturated rings. The number of nitrogens with one attached hydrogen (secondary N) is 1. The van der Waals surface area contributed by atoms with Gasteiger partial charge in [-0.1, -0.05) is 6.92 Å². The molecule has 0 aromatic heterocycles. The fourth-order valence-corrected chi connectivity index (χ4v) is 5.68. The van der Waals surface area contributed by atoms with E-state index in [0.29, 0.717) is 11.3 Å². The van der Waals surface area contributed by atoms with Crippen LogP contribution in [0.1, 0.15) is 17.3 Å². The maximum Gasteiger partial charge on any atom is 0.255 e. The molecule has 8 nitrogen and oxygen atoms in total. The molecule has 2 aromatic rings. The van der Waals surface area contributed by atoms with Crippen molar-refractivity contribution in [3.63, 3.8) is 0 Å². The minimum absolute atomic E-state index is 0.196. The first kappa shape index (κ1) is 21.3. The molecule has 2 aromatic carbocycles. The van der Waals surface area contributed by atoms with Gasteiger partial charge in [-0.3, -0.25) is 9.59 Å². The number of amides is 2. The van der Waals surface area contributed by atoms with Crippen molar-refractivity contribution in [2.75, 3.05) is 53.5 Å². The Labute approximate surface area is 182 Å². The van der Waals surface area contributed by atoms with Crippen molar-refractivity contribution in [3.8, 4) is 0 Å². The van der Waals surface area contributed by atoms with Crippen molar-refractivity contribution < 1.29 is 18.0 Å². The van der Waals surface area contributed by atoms with Crippen LogP contribution in [0.15, 0.2) is 48.5 Å². The van der Waals surface area contributed by atoms with Crippen LogP contribution in [0.3, 0.4) is 0 Å². The summed E-state index contributed by atoms with van der Waals surface area (Å²) in [5.74, 6) is -1.51. The molecule has 0 saturated carbocycles.